The lowest BCUT2D eigenvalue weighted by molar-refractivity contribution is -0.113. The number of benzene rings is 1. The van der Waals surface area contributed by atoms with Gasteiger partial charge in [0, 0.05) is 18.3 Å². The molecule has 2 nitrogen and oxygen atoms in total. The van der Waals surface area contributed by atoms with E-state index in [-0.39, 0.29) is 5.78 Å². The maximum absolute atomic E-state index is 11.2. The van der Waals surface area contributed by atoms with E-state index in [1.807, 2.05) is 30.3 Å². The maximum Gasteiger partial charge on any atom is 0.157 e. The van der Waals surface area contributed by atoms with Crippen molar-refractivity contribution in [2.75, 3.05) is 0 Å². The number of allylic oxidation sites excluding steroid dienone is 2. The Morgan fingerprint density at radius 2 is 2.06 bits per heavy atom. The van der Waals surface area contributed by atoms with Gasteiger partial charge in [-0.3, -0.25) is 4.79 Å². The van der Waals surface area contributed by atoms with Gasteiger partial charge in [0.1, 0.15) is 0 Å². The molecule has 0 aliphatic rings. The summed E-state index contributed by atoms with van der Waals surface area (Å²) < 4.78 is 0. The van der Waals surface area contributed by atoms with E-state index in [1.165, 1.54) is 5.56 Å². The number of nitrogens with one attached hydrogen (secondary N) is 1. The van der Waals surface area contributed by atoms with Gasteiger partial charge in [-0.2, -0.15) is 0 Å². The van der Waals surface area contributed by atoms with Crippen LogP contribution >= 0.6 is 0 Å². The van der Waals surface area contributed by atoms with E-state index in [0.29, 0.717) is 6.42 Å². The van der Waals surface area contributed by atoms with Gasteiger partial charge in [-0.15, -0.1) is 6.58 Å². The van der Waals surface area contributed by atoms with Gasteiger partial charge >= 0.3 is 0 Å². The molecule has 1 N–H and O–H groups in total. The van der Waals surface area contributed by atoms with Crippen molar-refractivity contribution in [2.24, 2.45) is 0 Å². The van der Waals surface area contributed by atoms with Crippen LogP contribution in [0.25, 0.3) is 0 Å². The van der Waals surface area contributed by atoms with E-state index in [9.17, 15) is 4.79 Å². The summed E-state index contributed by atoms with van der Waals surface area (Å²) in [6.45, 7) is 5.93. The molecule has 0 aliphatic carbocycles. The molecule has 0 heterocycles. The summed E-state index contributed by atoms with van der Waals surface area (Å²) in [5.41, 5.74) is 1.95. The number of carbonyl (C=O) groups is 1. The minimum atomic E-state index is 0.0838. The Bertz CT molecular complexity index is 379. The van der Waals surface area contributed by atoms with E-state index in [0.717, 1.165) is 12.1 Å². The van der Waals surface area contributed by atoms with E-state index in [1.54, 1.807) is 19.2 Å². The Hall–Kier alpha value is -1.83. The van der Waals surface area contributed by atoms with Crippen LogP contribution in [0.4, 0.5) is 0 Å². The van der Waals surface area contributed by atoms with Gasteiger partial charge in [0.15, 0.2) is 5.78 Å². The fraction of sp³-hybridized carbons (Fsp3) is 0.214. The molecule has 1 rings (SSSR count). The number of rotatable bonds is 6. The zero-order chi connectivity index (χ0) is 11.8. The Morgan fingerprint density at radius 3 is 2.62 bits per heavy atom. The second-order valence-corrected chi connectivity index (χ2v) is 3.59. The van der Waals surface area contributed by atoms with Crippen LogP contribution in [0.5, 0.6) is 0 Å². The fourth-order valence-electron chi connectivity index (χ4n) is 1.35. The third kappa shape index (κ3) is 4.13. The van der Waals surface area contributed by atoms with Crippen LogP contribution in [0.1, 0.15) is 18.9 Å². The minimum absolute atomic E-state index is 0.0838. The SMILES string of the molecule is C=CC/C(=C/NCc1ccccc1)C(C)=O. The average Bonchev–Trinajstić information content (AvgIpc) is 2.29. The first-order chi connectivity index (χ1) is 7.74. The van der Waals surface area contributed by atoms with Crippen LogP contribution in [-0.2, 0) is 11.3 Å². The van der Waals surface area contributed by atoms with Crippen LogP contribution < -0.4 is 5.32 Å². The quantitative estimate of drug-likeness (QED) is 0.584. The highest BCUT2D eigenvalue weighted by molar-refractivity contribution is 5.93. The summed E-state index contributed by atoms with van der Waals surface area (Å²) in [6.07, 6.45) is 4.12. The zero-order valence-corrected chi connectivity index (χ0v) is 9.57. The molecule has 0 aliphatic heterocycles. The smallest absolute Gasteiger partial charge is 0.157 e. The van der Waals surface area contributed by atoms with E-state index < -0.39 is 0 Å². The van der Waals surface area contributed by atoms with E-state index in [4.69, 9.17) is 0 Å². The summed E-state index contributed by atoms with van der Waals surface area (Å²) in [5, 5.41) is 3.14. The van der Waals surface area contributed by atoms with Crippen LogP contribution in [0.15, 0.2) is 54.8 Å². The number of carbonyl (C=O) groups excluding carboxylic acids is 1. The molecular formula is C14H17NO. The van der Waals surface area contributed by atoms with Crippen LogP contribution in [0, 0.1) is 0 Å². The molecular weight excluding hydrogens is 198 g/mol. The number of Topliss-reactive ketones (excluding diaryl/α,β-unsaturated/α-hetero) is 1. The van der Waals surface area contributed by atoms with Crippen LogP contribution in [0.3, 0.4) is 0 Å². The lowest BCUT2D eigenvalue weighted by Gasteiger charge is -2.03. The van der Waals surface area contributed by atoms with E-state index in [2.05, 4.69) is 11.9 Å². The predicted octanol–water partition coefficient (Wildman–Crippen LogP) is 2.83. The highest BCUT2D eigenvalue weighted by Gasteiger charge is 2.00. The molecule has 0 bridgehead atoms. The molecule has 84 valence electrons. The summed E-state index contributed by atoms with van der Waals surface area (Å²) in [4.78, 5) is 11.2. The first-order valence-corrected chi connectivity index (χ1v) is 5.32. The zero-order valence-electron chi connectivity index (χ0n) is 9.57. The van der Waals surface area contributed by atoms with Crippen molar-refractivity contribution in [1.29, 1.82) is 0 Å². The van der Waals surface area contributed by atoms with E-state index >= 15 is 0 Å². The highest BCUT2D eigenvalue weighted by Crippen LogP contribution is 2.03. The lowest BCUT2D eigenvalue weighted by atomic mass is 10.1. The summed E-state index contributed by atoms with van der Waals surface area (Å²) in [7, 11) is 0. The summed E-state index contributed by atoms with van der Waals surface area (Å²) in [6, 6.07) is 10.1. The van der Waals surface area contributed by atoms with Crippen molar-refractivity contribution in [2.45, 2.75) is 19.9 Å². The average molecular weight is 215 g/mol. The molecule has 0 amide bonds. The first-order valence-electron chi connectivity index (χ1n) is 5.32. The first kappa shape index (κ1) is 12.2. The minimum Gasteiger partial charge on any atom is -0.386 e. The monoisotopic (exact) mass is 215 g/mol. The van der Waals surface area contributed by atoms with Gasteiger partial charge in [0.25, 0.3) is 0 Å². The molecule has 0 fully saturated rings. The second kappa shape index (κ2) is 6.62. The third-order valence-electron chi connectivity index (χ3n) is 2.24. The fourth-order valence-corrected chi connectivity index (χ4v) is 1.35. The van der Waals surface area contributed by atoms with Crippen molar-refractivity contribution in [3.63, 3.8) is 0 Å². The number of ketones is 1. The molecule has 1 aromatic carbocycles. The van der Waals surface area contributed by atoms with Gasteiger partial charge in [-0.25, -0.2) is 0 Å². The number of hydrogen-bond donors (Lipinski definition) is 1. The molecule has 16 heavy (non-hydrogen) atoms. The predicted molar refractivity (Wildman–Crippen MR) is 66.9 cm³/mol. The van der Waals surface area contributed by atoms with Gasteiger partial charge in [-0.1, -0.05) is 36.4 Å². The third-order valence-corrected chi connectivity index (χ3v) is 2.24. The van der Waals surface area contributed by atoms with Gasteiger partial charge in [0.05, 0.1) is 0 Å². The molecule has 0 saturated heterocycles. The molecule has 0 unspecified atom stereocenters. The molecule has 1 aromatic rings. The summed E-state index contributed by atoms with van der Waals surface area (Å²) >= 11 is 0. The summed E-state index contributed by atoms with van der Waals surface area (Å²) in [5.74, 6) is 0.0838. The normalized spacial score (nSPS) is 10.9. The van der Waals surface area contributed by atoms with Gasteiger partial charge in [-0.05, 0) is 18.9 Å². The van der Waals surface area contributed by atoms with Crippen LogP contribution in [-0.4, -0.2) is 5.78 Å². The standard InChI is InChI=1S/C14H17NO/c1-3-7-14(12(2)16)11-15-10-13-8-5-4-6-9-13/h3-6,8-9,11,15H,1,7,10H2,2H3/b14-11-. The lowest BCUT2D eigenvalue weighted by Crippen LogP contribution is -2.08. The topological polar surface area (TPSA) is 29.1 Å². The van der Waals surface area contributed by atoms with Crippen molar-refractivity contribution >= 4 is 5.78 Å². The largest absolute Gasteiger partial charge is 0.386 e. The molecule has 0 atom stereocenters. The van der Waals surface area contributed by atoms with Crippen molar-refractivity contribution in [1.82, 2.24) is 5.32 Å². The molecule has 2 heteroatoms. The Morgan fingerprint density at radius 1 is 1.38 bits per heavy atom. The second-order valence-electron chi connectivity index (χ2n) is 3.59. The molecule has 0 aromatic heterocycles. The van der Waals surface area contributed by atoms with Crippen molar-refractivity contribution < 1.29 is 4.79 Å². The van der Waals surface area contributed by atoms with Gasteiger partial charge < -0.3 is 5.32 Å². The van der Waals surface area contributed by atoms with Gasteiger partial charge in [0.2, 0.25) is 0 Å². The van der Waals surface area contributed by atoms with Crippen LogP contribution in [0.2, 0.25) is 0 Å². The molecule has 0 radical (unpaired) electrons. The van der Waals surface area contributed by atoms with Crippen molar-refractivity contribution in [3.8, 4) is 0 Å². The Labute approximate surface area is 96.7 Å². The maximum atomic E-state index is 11.2. The number of hydrogen-bond acceptors (Lipinski definition) is 2. The van der Waals surface area contributed by atoms with Crippen molar-refractivity contribution in [3.05, 3.63) is 60.3 Å². The molecule has 0 spiro atoms. The Kier molecular flexibility index (Phi) is 5.06. The molecule has 0 saturated carbocycles. The highest BCUT2D eigenvalue weighted by atomic mass is 16.1. The Balaban J connectivity index is 2.51.